The average molecular weight is 217 g/mol. The highest BCUT2D eigenvalue weighted by Crippen LogP contribution is 2.16. The smallest absolute Gasteiger partial charge is 0.148 e. The average Bonchev–Trinajstić information content (AvgIpc) is 2.13. The van der Waals surface area contributed by atoms with Crippen molar-refractivity contribution in [3.05, 3.63) is 12.2 Å². The van der Waals surface area contributed by atoms with E-state index < -0.39 is 9.84 Å². The van der Waals surface area contributed by atoms with E-state index in [-0.39, 0.29) is 5.75 Å². The first-order valence-electron chi connectivity index (χ1n) is 5.11. The van der Waals surface area contributed by atoms with Gasteiger partial charge < -0.3 is 5.32 Å². The van der Waals surface area contributed by atoms with Crippen LogP contribution >= 0.6 is 0 Å². The van der Waals surface area contributed by atoms with Gasteiger partial charge in [-0.1, -0.05) is 12.2 Å². The quantitative estimate of drug-likeness (QED) is 0.551. The van der Waals surface area contributed by atoms with Crippen LogP contribution in [0.25, 0.3) is 0 Å². The second-order valence-electron chi connectivity index (χ2n) is 3.98. The zero-order valence-corrected chi connectivity index (χ0v) is 9.52. The van der Waals surface area contributed by atoms with Crippen LogP contribution in [0.5, 0.6) is 0 Å². The summed E-state index contributed by atoms with van der Waals surface area (Å²) in [4.78, 5) is 0. The van der Waals surface area contributed by atoms with Crippen LogP contribution in [0.4, 0.5) is 0 Å². The summed E-state index contributed by atoms with van der Waals surface area (Å²) in [7, 11) is -2.80. The fraction of sp³-hybridized carbons (Fsp3) is 0.800. The van der Waals surface area contributed by atoms with Crippen molar-refractivity contribution in [2.75, 3.05) is 25.1 Å². The molecule has 0 saturated carbocycles. The molecule has 0 saturated heterocycles. The third kappa shape index (κ3) is 5.40. The molecule has 0 amide bonds. The number of hydrogen-bond acceptors (Lipinski definition) is 3. The Morgan fingerprint density at radius 2 is 2.21 bits per heavy atom. The molecule has 0 bridgehead atoms. The maximum Gasteiger partial charge on any atom is 0.148 e. The van der Waals surface area contributed by atoms with Gasteiger partial charge in [-0.25, -0.2) is 8.42 Å². The Morgan fingerprint density at radius 3 is 2.79 bits per heavy atom. The number of allylic oxidation sites excluding steroid dienone is 2. The van der Waals surface area contributed by atoms with Crippen LogP contribution in [0.1, 0.15) is 19.3 Å². The summed E-state index contributed by atoms with van der Waals surface area (Å²) in [5.74, 6) is 0.940. The first-order chi connectivity index (χ1) is 6.58. The van der Waals surface area contributed by atoms with Crippen molar-refractivity contribution in [2.24, 2.45) is 5.92 Å². The standard InChI is InChI=1S/C10H19NO2S/c1-14(12,13)8-7-11-9-10-5-3-2-4-6-10/h2-3,10-11H,4-9H2,1H3. The summed E-state index contributed by atoms with van der Waals surface area (Å²) in [5, 5.41) is 3.20. The second kappa shape index (κ2) is 5.51. The molecule has 14 heavy (non-hydrogen) atoms. The highest BCUT2D eigenvalue weighted by Gasteiger charge is 2.09. The fourth-order valence-corrected chi connectivity index (χ4v) is 2.12. The molecule has 0 fully saturated rings. The topological polar surface area (TPSA) is 46.2 Å². The van der Waals surface area contributed by atoms with Gasteiger partial charge in [-0.3, -0.25) is 0 Å². The van der Waals surface area contributed by atoms with E-state index in [1.807, 2.05) is 0 Å². The van der Waals surface area contributed by atoms with Gasteiger partial charge in [0.05, 0.1) is 5.75 Å². The Balaban J connectivity index is 2.07. The summed E-state index contributed by atoms with van der Waals surface area (Å²) in [6.07, 6.45) is 9.23. The van der Waals surface area contributed by atoms with Crippen LogP contribution < -0.4 is 5.32 Å². The SMILES string of the molecule is CS(=O)(=O)CCNCC1CC=CCC1. The van der Waals surface area contributed by atoms with Gasteiger partial charge in [-0.15, -0.1) is 0 Å². The van der Waals surface area contributed by atoms with Crippen LogP contribution in [0.2, 0.25) is 0 Å². The van der Waals surface area contributed by atoms with E-state index in [1.54, 1.807) is 0 Å². The lowest BCUT2D eigenvalue weighted by Gasteiger charge is -2.17. The first-order valence-corrected chi connectivity index (χ1v) is 7.17. The van der Waals surface area contributed by atoms with E-state index in [9.17, 15) is 8.42 Å². The molecule has 0 aliphatic heterocycles. The number of rotatable bonds is 5. The molecule has 3 nitrogen and oxygen atoms in total. The van der Waals surface area contributed by atoms with Crippen molar-refractivity contribution in [3.63, 3.8) is 0 Å². The summed E-state index contributed by atoms with van der Waals surface area (Å²) < 4.78 is 21.7. The van der Waals surface area contributed by atoms with Crippen molar-refractivity contribution in [1.82, 2.24) is 5.32 Å². The monoisotopic (exact) mass is 217 g/mol. The minimum Gasteiger partial charge on any atom is -0.315 e. The number of sulfone groups is 1. The van der Waals surface area contributed by atoms with E-state index in [0.717, 1.165) is 13.0 Å². The molecule has 0 radical (unpaired) electrons. The van der Waals surface area contributed by atoms with Gasteiger partial charge in [-0.2, -0.15) is 0 Å². The molecule has 1 aliphatic rings. The Morgan fingerprint density at radius 1 is 1.43 bits per heavy atom. The Hall–Kier alpha value is -0.350. The normalized spacial score (nSPS) is 22.5. The molecule has 1 atom stereocenters. The van der Waals surface area contributed by atoms with E-state index >= 15 is 0 Å². The highest BCUT2D eigenvalue weighted by atomic mass is 32.2. The van der Waals surface area contributed by atoms with Crippen molar-refractivity contribution < 1.29 is 8.42 Å². The minimum atomic E-state index is -2.80. The second-order valence-corrected chi connectivity index (χ2v) is 6.24. The van der Waals surface area contributed by atoms with Gasteiger partial charge in [0.1, 0.15) is 9.84 Å². The molecule has 82 valence electrons. The minimum absolute atomic E-state index is 0.246. The molecule has 1 unspecified atom stereocenters. The van der Waals surface area contributed by atoms with Crippen LogP contribution in [0.15, 0.2) is 12.2 Å². The largest absolute Gasteiger partial charge is 0.315 e. The van der Waals surface area contributed by atoms with E-state index in [1.165, 1.54) is 19.1 Å². The van der Waals surface area contributed by atoms with Crippen LogP contribution in [-0.2, 0) is 9.84 Å². The molecule has 4 heteroatoms. The Bertz CT molecular complexity index is 282. The molecular weight excluding hydrogens is 198 g/mol. The fourth-order valence-electron chi connectivity index (χ4n) is 1.61. The zero-order valence-electron chi connectivity index (χ0n) is 8.70. The third-order valence-electron chi connectivity index (χ3n) is 2.46. The van der Waals surface area contributed by atoms with Gasteiger partial charge >= 0.3 is 0 Å². The lowest BCUT2D eigenvalue weighted by atomic mass is 9.94. The summed E-state index contributed by atoms with van der Waals surface area (Å²) >= 11 is 0. The molecule has 0 aromatic rings. The Kier molecular flexibility index (Phi) is 4.62. The molecular formula is C10H19NO2S. The molecule has 0 aromatic heterocycles. The molecule has 1 rings (SSSR count). The van der Waals surface area contributed by atoms with Crippen LogP contribution in [-0.4, -0.2) is 33.5 Å². The van der Waals surface area contributed by atoms with Crippen LogP contribution in [0, 0.1) is 5.92 Å². The van der Waals surface area contributed by atoms with Crippen molar-refractivity contribution in [3.8, 4) is 0 Å². The van der Waals surface area contributed by atoms with Gasteiger partial charge in [0, 0.05) is 12.8 Å². The van der Waals surface area contributed by atoms with Crippen molar-refractivity contribution >= 4 is 9.84 Å². The number of nitrogens with one attached hydrogen (secondary N) is 1. The van der Waals surface area contributed by atoms with E-state index in [2.05, 4.69) is 17.5 Å². The predicted octanol–water partition coefficient (Wildman–Crippen LogP) is 0.977. The maximum atomic E-state index is 10.8. The van der Waals surface area contributed by atoms with Crippen molar-refractivity contribution in [2.45, 2.75) is 19.3 Å². The van der Waals surface area contributed by atoms with Gasteiger partial charge in [0.2, 0.25) is 0 Å². The summed E-state index contributed by atoms with van der Waals surface area (Å²) in [5.41, 5.74) is 0. The molecule has 0 aromatic carbocycles. The molecule has 0 spiro atoms. The molecule has 0 heterocycles. The van der Waals surface area contributed by atoms with Gasteiger partial charge in [-0.05, 0) is 31.7 Å². The van der Waals surface area contributed by atoms with E-state index in [0.29, 0.717) is 12.5 Å². The summed E-state index contributed by atoms with van der Waals surface area (Å²) in [6, 6.07) is 0. The van der Waals surface area contributed by atoms with Crippen LogP contribution in [0.3, 0.4) is 0 Å². The molecule has 1 N–H and O–H groups in total. The zero-order chi connectivity index (χ0) is 10.4. The first kappa shape index (κ1) is 11.7. The highest BCUT2D eigenvalue weighted by molar-refractivity contribution is 7.90. The lowest BCUT2D eigenvalue weighted by Crippen LogP contribution is -2.28. The third-order valence-corrected chi connectivity index (χ3v) is 3.41. The van der Waals surface area contributed by atoms with Gasteiger partial charge in [0.25, 0.3) is 0 Å². The summed E-state index contributed by atoms with van der Waals surface area (Å²) in [6.45, 7) is 1.53. The maximum absolute atomic E-state index is 10.8. The Labute approximate surface area is 86.5 Å². The molecule has 1 aliphatic carbocycles. The number of hydrogen-bond donors (Lipinski definition) is 1. The van der Waals surface area contributed by atoms with E-state index in [4.69, 9.17) is 0 Å². The van der Waals surface area contributed by atoms with Gasteiger partial charge in [0.15, 0.2) is 0 Å². The predicted molar refractivity (Wildman–Crippen MR) is 59.1 cm³/mol. The van der Waals surface area contributed by atoms with Crippen molar-refractivity contribution in [1.29, 1.82) is 0 Å². The lowest BCUT2D eigenvalue weighted by molar-refractivity contribution is 0.447.